The number of alkyl halides is 4. The first-order valence-corrected chi connectivity index (χ1v) is 8.12. The molecule has 0 amide bonds. The maximum absolute atomic E-state index is 13.1. The van der Waals surface area contributed by atoms with Crippen LogP contribution < -0.4 is 0 Å². The first kappa shape index (κ1) is 16.8. The van der Waals surface area contributed by atoms with Crippen molar-refractivity contribution in [1.29, 1.82) is 0 Å². The zero-order chi connectivity index (χ0) is 15.6. The topological polar surface area (TPSA) is 0 Å². The van der Waals surface area contributed by atoms with Gasteiger partial charge in [0.25, 0.3) is 0 Å². The molecule has 0 N–H and O–H groups in total. The Labute approximate surface area is 142 Å². The Balaban J connectivity index is 2.36. The first-order valence-electron chi connectivity index (χ1n) is 6.03. The van der Waals surface area contributed by atoms with E-state index in [1.54, 1.807) is 18.2 Å². The summed E-state index contributed by atoms with van der Waals surface area (Å²) in [5, 5.41) is 0.549. The molecule has 21 heavy (non-hydrogen) atoms. The molecule has 6 heteroatoms. The van der Waals surface area contributed by atoms with Gasteiger partial charge in [-0.25, -0.2) is 0 Å². The van der Waals surface area contributed by atoms with Gasteiger partial charge in [-0.15, -0.1) is 0 Å². The minimum Gasteiger partial charge on any atom is -0.166 e. The summed E-state index contributed by atoms with van der Waals surface area (Å²) in [5.74, 6) is 0. The van der Waals surface area contributed by atoms with E-state index >= 15 is 0 Å². The van der Waals surface area contributed by atoms with E-state index in [0.717, 1.165) is 11.6 Å². The fourth-order valence-electron chi connectivity index (χ4n) is 2.01. The highest BCUT2D eigenvalue weighted by Crippen LogP contribution is 2.40. The van der Waals surface area contributed by atoms with Gasteiger partial charge in [0.2, 0.25) is 0 Å². The highest BCUT2D eigenvalue weighted by Gasteiger charge is 2.35. The Bertz CT molecular complexity index is 641. The van der Waals surface area contributed by atoms with Gasteiger partial charge in [-0.1, -0.05) is 67.7 Å². The minimum absolute atomic E-state index is 0.200. The van der Waals surface area contributed by atoms with Crippen molar-refractivity contribution >= 4 is 43.5 Å². The normalized spacial score (nSPS) is 13.2. The molecule has 0 saturated carbocycles. The fraction of sp³-hybridized carbons (Fsp3) is 0.200. The Kier molecular flexibility index (Phi) is 5.38. The maximum Gasteiger partial charge on any atom is 0.416 e. The third kappa shape index (κ3) is 4.24. The van der Waals surface area contributed by atoms with E-state index in [2.05, 4.69) is 31.9 Å². The van der Waals surface area contributed by atoms with E-state index < -0.39 is 16.6 Å². The minimum atomic E-state index is -4.40. The Morgan fingerprint density at radius 1 is 1.10 bits per heavy atom. The molecule has 0 aliphatic heterocycles. The van der Waals surface area contributed by atoms with E-state index in [1.165, 1.54) is 6.07 Å². The summed E-state index contributed by atoms with van der Waals surface area (Å²) in [5.41, 5.74) is 0.355. The van der Waals surface area contributed by atoms with Crippen molar-refractivity contribution < 1.29 is 13.2 Å². The van der Waals surface area contributed by atoms with Crippen molar-refractivity contribution in [2.24, 2.45) is 0 Å². The lowest BCUT2D eigenvalue weighted by Gasteiger charge is -2.18. The Hall–Kier alpha value is -0.520. The standard InChI is InChI=1S/C15H10Br2ClF3/c16-10-5-6-11(12(8-10)15(19,20)21)13(17)7-9-3-1-2-4-14(9)18/h1-6,8,13H,7H2. The summed E-state index contributed by atoms with van der Waals surface area (Å²) in [6, 6.07) is 11.3. The molecule has 1 atom stereocenters. The van der Waals surface area contributed by atoms with Crippen LogP contribution in [0.3, 0.4) is 0 Å². The van der Waals surface area contributed by atoms with E-state index in [0.29, 0.717) is 15.9 Å². The first-order chi connectivity index (χ1) is 9.79. The zero-order valence-corrected chi connectivity index (χ0v) is 14.5. The number of halogens is 6. The molecule has 112 valence electrons. The predicted molar refractivity (Wildman–Crippen MR) is 86.0 cm³/mol. The van der Waals surface area contributed by atoms with E-state index in [4.69, 9.17) is 11.6 Å². The molecule has 0 aliphatic carbocycles. The van der Waals surface area contributed by atoms with Crippen LogP contribution in [0.25, 0.3) is 0 Å². The van der Waals surface area contributed by atoms with Gasteiger partial charge in [-0.2, -0.15) is 13.2 Å². The summed E-state index contributed by atoms with van der Waals surface area (Å²) in [4.78, 5) is -0.470. The van der Waals surface area contributed by atoms with Gasteiger partial charge in [-0.3, -0.25) is 0 Å². The molecule has 0 fully saturated rings. The third-order valence-corrected chi connectivity index (χ3v) is 4.69. The SMILES string of the molecule is FC(F)(F)c1cc(Br)ccc1C(Br)Cc1ccccc1Cl. The van der Waals surface area contributed by atoms with Gasteiger partial charge in [0.15, 0.2) is 0 Å². The molecule has 1 unspecified atom stereocenters. The summed E-state index contributed by atoms with van der Waals surface area (Å²) in [7, 11) is 0. The summed E-state index contributed by atoms with van der Waals surface area (Å²) in [6.07, 6.45) is -4.02. The van der Waals surface area contributed by atoms with E-state index in [-0.39, 0.29) is 5.56 Å². The molecular formula is C15H10Br2ClF3. The molecule has 0 nitrogen and oxygen atoms in total. The fourth-order valence-corrected chi connectivity index (χ4v) is 3.34. The molecule has 0 saturated heterocycles. The van der Waals surface area contributed by atoms with Gasteiger partial charge in [0.1, 0.15) is 0 Å². The van der Waals surface area contributed by atoms with Crippen molar-refractivity contribution in [3.05, 3.63) is 68.7 Å². The van der Waals surface area contributed by atoms with Gasteiger partial charge in [0.05, 0.1) is 5.56 Å². The quantitative estimate of drug-likeness (QED) is 0.459. The van der Waals surface area contributed by atoms with Crippen LogP contribution in [0.4, 0.5) is 13.2 Å². The van der Waals surface area contributed by atoms with Crippen molar-refractivity contribution in [3.63, 3.8) is 0 Å². The summed E-state index contributed by atoms with van der Waals surface area (Å²) in [6.45, 7) is 0. The van der Waals surface area contributed by atoms with Crippen molar-refractivity contribution in [2.45, 2.75) is 17.4 Å². The van der Waals surface area contributed by atoms with Crippen LogP contribution in [-0.4, -0.2) is 0 Å². The molecule has 0 heterocycles. The van der Waals surface area contributed by atoms with Gasteiger partial charge >= 0.3 is 6.18 Å². The maximum atomic E-state index is 13.1. The molecular weight excluding hydrogens is 432 g/mol. The van der Waals surface area contributed by atoms with Crippen LogP contribution in [0.15, 0.2) is 46.9 Å². The molecule has 0 radical (unpaired) electrons. The highest BCUT2D eigenvalue weighted by molar-refractivity contribution is 9.10. The Morgan fingerprint density at radius 2 is 1.76 bits per heavy atom. The molecule has 0 aromatic heterocycles. The van der Waals surface area contributed by atoms with Crippen molar-refractivity contribution in [1.82, 2.24) is 0 Å². The second kappa shape index (κ2) is 6.71. The second-order valence-electron chi connectivity index (χ2n) is 4.49. The third-order valence-electron chi connectivity index (χ3n) is 3.02. The summed E-state index contributed by atoms with van der Waals surface area (Å²) >= 11 is 12.5. The van der Waals surface area contributed by atoms with Crippen molar-refractivity contribution in [3.8, 4) is 0 Å². The van der Waals surface area contributed by atoms with Crippen LogP contribution in [0, 0.1) is 0 Å². The number of hydrogen-bond donors (Lipinski definition) is 0. The lowest BCUT2D eigenvalue weighted by molar-refractivity contribution is -0.138. The lowest BCUT2D eigenvalue weighted by atomic mass is 9.99. The number of benzene rings is 2. The van der Waals surface area contributed by atoms with Crippen molar-refractivity contribution in [2.75, 3.05) is 0 Å². The average molecular weight is 443 g/mol. The monoisotopic (exact) mass is 440 g/mol. The average Bonchev–Trinajstić information content (AvgIpc) is 2.40. The van der Waals surface area contributed by atoms with E-state index in [9.17, 15) is 13.2 Å². The molecule has 0 bridgehead atoms. The molecule has 2 rings (SSSR count). The second-order valence-corrected chi connectivity index (χ2v) is 6.92. The smallest absolute Gasteiger partial charge is 0.166 e. The van der Waals surface area contributed by atoms with Gasteiger partial charge in [-0.05, 0) is 35.7 Å². The Morgan fingerprint density at radius 3 is 2.38 bits per heavy atom. The molecule has 2 aromatic carbocycles. The molecule has 2 aromatic rings. The highest BCUT2D eigenvalue weighted by atomic mass is 79.9. The largest absolute Gasteiger partial charge is 0.416 e. The van der Waals surface area contributed by atoms with Crippen LogP contribution in [0.1, 0.15) is 21.5 Å². The van der Waals surface area contributed by atoms with Gasteiger partial charge < -0.3 is 0 Å². The summed E-state index contributed by atoms with van der Waals surface area (Å²) < 4.78 is 39.8. The molecule has 0 aliphatic rings. The number of rotatable bonds is 3. The predicted octanol–water partition coefficient (Wildman–Crippen LogP) is 6.80. The van der Waals surface area contributed by atoms with Crippen LogP contribution >= 0.6 is 43.5 Å². The van der Waals surface area contributed by atoms with Crippen LogP contribution in [0.5, 0.6) is 0 Å². The van der Waals surface area contributed by atoms with E-state index in [1.807, 2.05) is 12.1 Å². The van der Waals surface area contributed by atoms with Crippen LogP contribution in [-0.2, 0) is 12.6 Å². The lowest BCUT2D eigenvalue weighted by Crippen LogP contribution is -2.11. The van der Waals surface area contributed by atoms with Gasteiger partial charge in [0, 0.05) is 14.3 Å². The zero-order valence-electron chi connectivity index (χ0n) is 10.6. The molecule has 0 spiro atoms. The van der Waals surface area contributed by atoms with Crippen LogP contribution in [0.2, 0.25) is 5.02 Å². The number of hydrogen-bond acceptors (Lipinski definition) is 0.